The molecule has 0 spiro atoms. The molecule has 5 heterocycles. The minimum absolute atomic E-state index is 0.0843. The zero-order valence-electron chi connectivity index (χ0n) is 24.5. The van der Waals surface area contributed by atoms with Crippen molar-refractivity contribution in [2.24, 2.45) is 12.2 Å². The minimum Gasteiger partial charge on any atom is -0.481 e. The van der Waals surface area contributed by atoms with E-state index in [1.807, 2.05) is 46.6 Å². The van der Waals surface area contributed by atoms with Crippen LogP contribution in [0.3, 0.4) is 0 Å². The number of carbonyl (C=O) groups excluding carboxylic acids is 2. The fourth-order valence-electron chi connectivity index (χ4n) is 3.90. The maximum atomic E-state index is 13.2. The molecule has 0 saturated carbocycles. The highest BCUT2D eigenvalue weighted by Crippen LogP contribution is 2.46. The summed E-state index contributed by atoms with van der Waals surface area (Å²) in [7, 11) is -2.77. The molecule has 2 amide bonds. The molecule has 18 nitrogen and oxygen atoms in total. The Balaban J connectivity index is 0.00000118. The number of oxime groups is 1. The van der Waals surface area contributed by atoms with E-state index in [1.54, 1.807) is 6.92 Å². The molecule has 0 aliphatic carbocycles. The first kappa shape index (κ1) is 35.9. The van der Waals surface area contributed by atoms with Gasteiger partial charge < -0.3 is 30.2 Å². The summed E-state index contributed by atoms with van der Waals surface area (Å²) in [6, 6.07) is 2.77. The second kappa shape index (κ2) is 15.3. The molecule has 2 aliphatic heterocycles. The quantitative estimate of drug-likeness (QED) is 0.0532. The number of thioether (sulfide) groups is 2. The number of hydrogen-bond acceptors (Lipinski definition) is 14. The number of aromatic nitrogens is 4. The van der Waals surface area contributed by atoms with E-state index in [9.17, 15) is 24.1 Å². The van der Waals surface area contributed by atoms with Gasteiger partial charge in [-0.1, -0.05) is 16.9 Å². The highest BCUT2D eigenvalue weighted by molar-refractivity contribution is 8.07. The van der Waals surface area contributed by atoms with E-state index in [-0.39, 0.29) is 29.0 Å². The number of nitrogens with one attached hydrogen (secondary N) is 2. The molecule has 6 N–H and O–H groups in total. The highest BCUT2D eigenvalue weighted by Gasteiger charge is 2.54. The topological polar surface area (TPSA) is 258 Å². The molecule has 3 aromatic rings. The molecule has 250 valence electrons. The molecule has 0 aromatic carbocycles. The van der Waals surface area contributed by atoms with Crippen LogP contribution in [0.4, 0.5) is 5.13 Å². The summed E-state index contributed by atoms with van der Waals surface area (Å²) in [5, 5.41) is 26.5. The predicted octanol–water partition coefficient (Wildman–Crippen LogP) is 1.31. The van der Waals surface area contributed by atoms with Crippen molar-refractivity contribution in [2.75, 3.05) is 17.4 Å². The first-order valence-electron chi connectivity index (χ1n) is 13.1. The van der Waals surface area contributed by atoms with Crippen LogP contribution in [0.25, 0.3) is 11.3 Å². The van der Waals surface area contributed by atoms with Crippen LogP contribution in [0.15, 0.2) is 50.0 Å². The second-order valence-electron chi connectivity index (χ2n) is 9.25. The van der Waals surface area contributed by atoms with Crippen LogP contribution in [-0.2, 0) is 35.6 Å². The number of carboxylic acids is 2. The van der Waals surface area contributed by atoms with Gasteiger partial charge in [-0.15, -0.1) is 23.1 Å². The highest BCUT2D eigenvalue weighted by atomic mass is 32.2. The molecule has 1 fully saturated rings. The molecule has 1 saturated heterocycles. The van der Waals surface area contributed by atoms with Crippen molar-refractivity contribution in [1.29, 1.82) is 0 Å². The first-order chi connectivity index (χ1) is 22.2. The summed E-state index contributed by atoms with van der Waals surface area (Å²) >= 11 is 4.40. The number of anilines is 1. The Hall–Kier alpha value is -3.92. The number of aryl methyl sites for hydroxylation is 1. The normalized spacial score (nSPS) is 17.6. The zero-order chi connectivity index (χ0) is 34.5. The SMILES string of the molecule is CC(=O)O.CCON=C(C(=O)NC1C(=O)N2C(C(=O)O)=C(Sc3nc(-c4cc[n+](C)cc4)cs3)CSC12)c1nsc(NP(=O)(O)O)n1. The number of β-lactam (4-membered cyclic amide) rings is 1. The Morgan fingerprint density at radius 1 is 1.23 bits per heavy atom. The van der Waals surface area contributed by atoms with Crippen molar-refractivity contribution in [1.82, 2.24) is 24.6 Å². The molecule has 0 radical (unpaired) electrons. The number of fused-ring (bicyclic) bond motifs is 1. The Bertz CT molecular complexity index is 1790. The molecule has 47 heavy (non-hydrogen) atoms. The number of rotatable bonds is 11. The third kappa shape index (κ3) is 9.12. The van der Waals surface area contributed by atoms with Gasteiger partial charge in [-0.25, -0.2) is 18.9 Å². The third-order valence-electron chi connectivity index (χ3n) is 5.77. The van der Waals surface area contributed by atoms with Crippen LogP contribution in [0.1, 0.15) is 19.7 Å². The van der Waals surface area contributed by atoms with Crippen LogP contribution < -0.4 is 15.0 Å². The number of amides is 2. The lowest BCUT2D eigenvalue weighted by Crippen LogP contribution is -2.71. The molecule has 0 bridgehead atoms. The van der Waals surface area contributed by atoms with E-state index in [2.05, 4.69) is 24.8 Å². The largest absolute Gasteiger partial charge is 0.481 e. The van der Waals surface area contributed by atoms with Crippen LogP contribution in [0.2, 0.25) is 0 Å². The maximum absolute atomic E-state index is 13.2. The Kier molecular flexibility index (Phi) is 11.7. The molecule has 2 unspecified atom stereocenters. The van der Waals surface area contributed by atoms with E-state index >= 15 is 0 Å². The van der Waals surface area contributed by atoms with Gasteiger partial charge in [-0.3, -0.25) is 24.4 Å². The number of carbonyl (C=O) groups is 4. The zero-order valence-corrected chi connectivity index (χ0v) is 28.6. The Labute approximate surface area is 282 Å². The van der Waals surface area contributed by atoms with Crippen molar-refractivity contribution < 1.29 is 53.1 Å². The van der Waals surface area contributed by atoms with Crippen molar-refractivity contribution >= 4 is 88.7 Å². The minimum atomic E-state index is -4.67. The van der Waals surface area contributed by atoms with E-state index in [0.717, 1.165) is 23.1 Å². The molecule has 2 atom stereocenters. The molecule has 3 aromatic heterocycles. The number of nitrogens with zero attached hydrogens (tertiary/aromatic N) is 6. The number of hydrogen-bond donors (Lipinski definition) is 6. The van der Waals surface area contributed by atoms with Crippen molar-refractivity contribution in [3.63, 3.8) is 0 Å². The van der Waals surface area contributed by atoms with Crippen molar-refractivity contribution in [3.05, 3.63) is 46.3 Å². The van der Waals surface area contributed by atoms with Gasteiger partial charge in [0.2, 0.25) is 16.7 Å². The summed E-state index contributed by atoms with van der Waals surface area (Å²) in [5.41, 5.74) is 1.06. The average Bonchev–Trinajstić information content (AvgIpc) is 3.64. The van der Waals surface area contributed by atoms with Gasteiger partial charge in [0, 0.05) is 52.2 Å². The standard InChI is InChI=1S/C22H21N8O8PS4.C2H4O2/c1-3-38-26-13(16-25-21(43-28-16)27-39(35,36)37)17(31)24-14-18(32)30-15(20(33)34)12(9-40-19(14)30)42-22-23-11(8-41-22)10-4-6-29(2)7-5-10;1-2(3)4/h4-8,14,19H,3,9H2,1-2H3,(H4-,24,25,27,28,31,33,34,35,36,37);1H3,(H,3,4)/p+1. The smallest absolute Gasteiger partial charge is 0.429 e. The lowest BCUT2D eigenvalue weighted by Gasteiger charge is -2.49. The number of carboxylic acid groups (broad SMARTS) is 2. The number of thiazole rings is 1. The van der Waals surface area contributed by atoms with Crippen LogP contribution in [-0.4, -0.2) is 92.5 Å². The van der Waals surface area contributed by atoms with Gasteiger partial charge in [0.15, 0.2) is 16.7 Å². The monoisotopic (exact) mass is 745 g/mol. The number of aliphatic carboxylic acids is 2. The summed E-state index contributed by atoms with van der Waals surface area (Å²) in [6.45, 7) is 2.78. The van der Waals surface area contributed by atoms with E-state index in [4.69, 9.17) is 24.5 Å². The lowest BCUT2D eigenvalue weighted by atomic mass is 10.0. The molecular weight excluding hydrogens is 720 g/mol. The molecular formula is C24H26N8O10PS4+. The fourth-order valence-corrected chi connectivity index (χ4v) is 8.60. The van der Waals surface area contributed by atoms with E-state index < -0.39 is 48.6 Å². The van der Waals surface area contributed by atoms with Crippen molar-refractivity contribution in [2.45, 2.75) is 29.6 Å². The lowest BCUT2D eigenvalue weighted by molar-refractivity contribution is -0.671. The molecule has 2 aliphatic rings. The van der Waals surface area contributed by atoms with Crippen LogP contribution in [0.5, 0.6) is 0 Å². The average molecular weight is 746 g/mol. The van der Waals surface area contributed by atoms with Gasteiger partial charge in [-0.05, 0) is 6.92 Å². The predicted molar refractivity (Wildman–Crippen MR) is 171 cm³/mol. The van der Waals surface area contributed by atoms with Gasteiger partial charge in [0.05, 0.1) is 5.69 Å². The fraction of sp³-hybridized carbons (Fsp3) is 0.292. The second-order valence-corrected chi connectivity index (χ2v) is 14.6. The van der Waals surface area contributed by atoms with Crippen LogP contribution in [0, 0.1) is 0 Å². The summed E-state index contributed by atoms with van der Waals surface area (Å²) in [5.74, 6) is -3.67. The van der Waals surface area contributed by atoms with E-state index in [1.165, 1.54) is 34.9 Å². The van der Waals surface area contributed by atoms with Crippen LogP contribution >= 0.6 is 54.1 Å². The van der Waals surface area contributed by atoms with Gasteiger partial charge in [-0.2, -0.15) is 9.36 Å². The van der Waals surface area contributed by atoms with Gasteiger partial charge in [0.25, 0.3) is 17.8 Å². The number of pyridine rings is 1. The van der Waals surface area contributed by atoms with E-state index in [0.29, 0.717) is 20.8 Å². The molecule has 23 heteroatoms. The Morgan fingerprint density at radius 3 is 2.53 bits per heavy atom. The Morgan fingerprint density at radius 2 is 1.91 bits per heavy atom. The summed E-state index contributed by atoms with van der Waals surface area (Å²) in [6.07, 6.45) is 3.80. The molecule has 5 rings (SSSR count). The summed E-state index contributed by atoms with van der Waals surface area (Å²) in [4.78, 5) is 80.9. The van der Waals surface area contributed by atoms with Gasteiger partial charge in [0.1, 0.15) is 30.8 Å². The first-order valence-corrected chi connectivity index (χ1v) is 18.2. The summed E-state index contributed by atoms with van der Waals surface area (Å²) < 4.78 is 17.6. The maximum Gasteiger partial charge on any atom is 0.429 e. The van der Waals surface area contributed by atoms with Crippen molar-refractivity contribution in [3.8, 4) is 11.3 Å². The third-order valence-corrected chi connectivity index (χ3v) is 10.5. The van der Waals surface area contributed by atoms with Gasteiger partial charge >= 0.3 is 13.7 Å².